The van der Waals surface area contributed by atoms with E-state index in [0.717, 1.165) is 0 Å². The van der Waals surface area contributed by atoms with Crippen LogP contribution in [0, 0.1) is 0 Å². The normalized spacial score (nSPS) is 26.8. The zero-order valence-electron chi connectivity index (χ0n) is 13.2. The third-order valence-electron chi connectivity index (χ3n) is 5.16. The van der Waals surface area contributed by atoms with Crippen LogP contribution >= 0.6 is 0 Å². The van der Waals surface area contributed by atoms with E-state index < -0.39 is 17.8 Å². The summed E-state index contributed by atoms with van der Waals surface area (Å²) in [6, 6.07) is 3.53. The number of hydrogen-bond donors (Lipinski definition) is 2. The number of ether oxygens (including phenoxy) is 1. The van der Waals surface area contributed by atoms with Gasteiger partial charge >= 0.3 is 0 Å². The second-order valence-corrected chi connectivity index (χ2v) is 6.49. The van der Waals surface area contributed by atoms with Gasteiger partial charge in [-0.15, -0.1) is 10.2 Å². The number of likely N-dealkylation sites (tertiary alicyclic amines) is 1. The number of aliphatic hydroxyl groups is 2. The number of amides is 1. The lowest BCUT2D eigenvalue weighted by molar-refractivity contribution is -0.212. The van der Waals surface area contributed by atoms with Crippen molar-refractivity contribution in [1.82, 2.24) is 19.5 Å². The molecule has 2 aliphatic rings. The molecule has 0 saturated carbocycles. The fourth-order valence-corrected chi connectivity index (χ4v) is 3.69. The van der Waals surface area contributed by atoms with E-state index in [4.69, 9.17) is 4.74 Å². The summed E-state index contributed by atoms with van der Waals surface area (Å²) in [4.78, 5) is 14.6. The standard InChI is InChI=1S/C16H20N4O4/c21-12-3-9-24-16(13(12)22)4-7-19(8-5-16)15(23)11-2-1-6-20-10-17-18-14(11)20/h1-2,6,10,12-13,21-22H,3-5,7-9H2/t12-,13-/m0/s1. The van der Waals surface area contributed by atoms with Crippen molar-refractivity contribution < 1.29 is 19.7 Å². The van der Waals surface area contributed by atoms with Crippen LogP contribution in [0.2, 0.25) is 0 Å². The van der Waals surface area contributed by atoms with E-state index in [1.165, 1.54) is 0 Å². The van der Waals surface area contributed by atoms with Crippen molar-refractivity contribution in [3.8, 4) is 0 Å². The average Bonchev–Trinajstić information content (AvgIpc) is 3.08. The van der Waals surface area contributed by atoms with E-state index in [9.17, 15) is 15.0 Å². The summed E-state index contributed by atoms with van der Waals surface area (Å²) in [5, 5.41) is 28.1. The molecule has 128 valence electrons. The molecule has 1 spiro atoms. The number of aliphatic hydroxyl groups excluding tert-OH is 2. The minimum Gasteiger partial charge on any atom is -0.390 e. The minimum absolute atomic E-state index is 0.103. The largest absolute Gasteiger partial charge is 0.390 e. The molecule has 0 aromatic carbocycles. The Labute approximate surface area is 138 Å². The van der Waals surface area contributed by atoms with Gasteiger partial charge < -0.3 is 19.8 Å². The van der Waals surface area contributed by atoms with Crippen LogP contribution in [0.15, 0.2) is 24.7 Å². The van der Waals surface area contributed by atoms with Crippen molar-refractivity contribution >= 4 is 11.6 Å². The second-order valence-electron chi connectivity index (χ2n) is 6.49. The highest BCUT2D eigenvalue weighted by molar-refractivity contribution is 5.99. The van der Waals surface area contributed by atoms with Crippen LogP contribution in [-0.2, 0) is 4.74 Å². The molecule has 24 heavy (non-hydrogen) atoms. The Morgan fingerprint density at radius 2 is 2.12 bits per heavy atom. The summed E-state index contributed by atoms with van der Waals surface area (Å²) in [7, 11) is 0. The number of rotatable bonds is 1. The highest BCUT2D eigenvalue weighted by Gasteiger charge is 2.48. The average molecular weight is 332 g/mol. The van der Waals surface area contributed by atoms with Crippen molar-refractivity contribution in [2.45, 2.75) is 37.1 Å². The molecule has 2 aromatic rings. The van der Waals surface area contributed by atoms with Crippen LogP contribution in [-0.4, -0.2) is 73.1 Å². The lowest BCUT2D eigenvalue weighted by Gasteiger charge is -2.48. The first-order valence-corrected chi connectivity index (χ1v) is 8.18. The first-order valence-electron chi connectivity index (χ1n) is 8.18. The number of carbonyl (C=O) groups is 1. The predicted octanol–water partition coefficient (Wildman–Crippen LogP) is -0.154. The monoisotopic (exact) mass is 332 g/mol. The van der Waals surface area contributed by atoms with Crippen molar-refractivity contribution in [3.05, 3.63) is 30.2 Å². The molecule has 0 bridgehead atoms. The third kappa shape index (κ3) is 2.38. The van der Waals surface area contributed by atoms with Gasteiger partial charge in [0, 0.05) is 19.3 Å². The zero-order chi connectivity index (χ0) is 16.7. The SMILES string of the molecule is O=C(c1cccn2cnnc12)N1CCC2(CC1)OCC[C@H](O)[C@@H]2O. The number of aromatic nitrogens is 3. The van der Waals surface area contributed by atoms with E-state index in [1.807, 2.05) is 0 Å². The van der Waals surface area contributed by atoms with Gasteiger partial charge in [-0.05, 0) is 31.4 Å². The van der Waals surface area contributed by atoms with Crippen molar-refractivity contribution in [1.29, 1.82) is 0 Å². The first kappa shape index (κ1) is 15.5. The molecule has 0 unspecified atom stereocenters. The van der Waals surface area contributed by atoms with Crippen LogP contribution in [0.4, 0.5) is 0 Å². The molecular weight excluding hydrogens is 312 g/mol. The van der Waals surface area contributed by atoms with Crippen LogP contribution in [0.5, 0.6) is 0 Å². The Balaban J connectivity index is 1.52. The van der Waals surface area contributed by atoms with Gasteiger partial charge in [-0.1, -0.05) is 0 Å². The predicted molar refractivity (Wildman–Crippen MR) is 83.4 cm³/mol. The van der Waals surface area contributed by atoms with Gasteiger partial charge in [-0.25, -0.2) is 0 Å². The smallest absolute Gasteiger partial charge is 0.257 e. The molecule has 0 aliphatic carbocycles. The van der Waals surface area contributed by atoms with E-state index in [-0.39, 0.29) is 5.91 Å². The minimum atomic E-state index is -0.900. The molecule has 8 nitrogen and oxygen atoms in total. The van der Waals surface area contributed by atoms with Gasteiger partial charge in [-0.3, -0.25) is 9.20 Å². The Kier molecular flexibility index (Phi) is 3.75. The molecule has 4 rings (SSSR count). The molecule has 2 atom stereocenters. The highest BCUT2D eigenvalue weighted by Crippen LogP contribution is 2.35. The summed E-state index contributed by atoms with van der Waals surface area (Å²) in [6.45, 7) is 1.38. The maximum Gasteiger partial charge on any atom is 0.257 e. The lowest BCUT2D eigenvalue weighted by Crippen LogP contribution is -2.60. The number of hydrogen-bond acceptors (Lipinski definition) is 6. The highest BCUT2D eigenvalue weighted by atomic mass is 16.5. The van der Waals surface area contributed by atoms with Crippen molar-refractivity contribution in [2.75, 3.05) is 19.7 Å². The zero-order valence-corrected chi connectivity index (χ0v) is 13.2. The number of piperidine rings is 1. The maximum absolute atomic E-state index is 12.8. The maximum atomic E-state index is 12.8. The molecule has 4 heterocycles. The van der Waals surface area contributed by atoms with E-state index >= 15 is 0 Å². The van der Waals surface area contributed by atoms with Gasteiger partial charge in [0.2, 0.25) is 0 Å². The molecule has 0 radical (unpaired) electrons. The summed E-state index contributed by atoms with van der Waals surface area (Å²) >= 11 is 0. The molecular formula is C16H20N4O4. The van der Waals surface area contributed by atoms with Gasteiger partial charge in [0.05, 0.1) is 23.9 Å². The number of pyridine rings is 1. The van der Waals surface area contributed by atoms with Gasteiger partial charge in [-0.2, -0.15) is 0 Å². The lowest BCUT2D eigenvalue weighted by atomic mass is 9.80. The Bertz CT molecular complexity index is 753. The van der Waals surface area contributed by atoms with Crippen molar-refractivity contribution in [3.63, 3.8) is 0 Å². The quantitative estimate of drug-likeness (QED) is 0.753. The summed E-state index contributed by atoms with van der Waals surface area (Å²) in [6.07, 6.45) is 3.16. The van der Waals surface area contributed by atoms with Gasteiger partial charge in [0.1, 0.15) is 12.4 Å². The van der Waals surface area contributed by atoms with E-state index in [1.54, 1.807) is 34.0 Å². The van der Waals surface area contributed by atoms with E-state index in [0.29, 0.717) is 50.2 Å². The summed E-state index contributed by atoms with van der Waals surface area (Å²) in [5.41, 5.74) is 0.304. The summed E-state index contributed by atoms with van der Waals surface area (Å²) < 4.78 is 7.52. The number of carbonyl (C=O) groups excluding carboxylic acids is 1. The fourth-order valence-electron chi connectivity index (χ4n) is 3.69. The number of nitrogens with zero attached hydrogens (tertiary/aromatic N) is 4. The van der Waals surface area contributed by atoms with Crippen LogP contribution < -0.4 is 0 Å². The summed E-state index contributed by atoms with van der Waals surface area (Å²) in [5.74, 6) is -0.103. The van der Waals surface area contributed by atoms with Gasteiger partial charge in [0.15, 0.2) is 5.65 Å². The molecule has 8 heteroatoms. The molecule has 2 N–H and O–H groups in total. The van der Waals surface area contributed by atoms with E-state index in [2.05, 4.69) is 10.2 Å². The fraction of sp³-hybridized carbons (Fsp3) is 0.562. The molecule has 1 amide bonds. The molecule has 2 aromatic heterocycles. The Hall–Kier alpha value is -2.03. The van der Waals surface area contributed by atoms with Crippen molar-refractivity contribution in [2.24, 2.45) is 0 Å². The Morgan fingerprint density at radius 1 is 1.33 bits per heavy atom. The molecule has 2 saturated heterocycles. The van der Waals surface area contributed by atoms with Crippen LogP contribution in [0.3, 0.4) is 0 Å². The molecule has 2 fully saturated rings. The van der Waals surface area contributed by atoms with Crippen LogP contribution in [0.25, 0.3) is 5.65 Å². The Morgan fingerprint density at radius 3 is 2.92 bits per heavy atom. The number of fused-ring (bicyclic) bond motifs is 1. The van der Waals surface area contributed by atoms with Crippen LogP contribution in [0.1, 0.15) is 29.6 Å². The second kappa shape index (κ2) is 5.80. The topological polar surface area (TPSA) is 100 Å². The van der Waals surface area contributed by atoms with Gasteiger partial charge in [0.25, 0.3) is 5.91 Å². The molecule has 2 aliphatic heterocycles. The third-order valence-corrected chi connectivity index (χ3v) is 5.16. The first-order chi connectivity index (χ1) is 11.6.